The van der Waals surface area contributed by atoms with Crippen molar-refractivity contribution >= 4 is 17.5 Å². The Morgan fingerprint density at radius 2 is 1.86 bits per heavy atom. The van der Waals surface area contributed by atoms with Crippen LogP contribution in [0.1, 0.15) is 20.7 Å². The van der Waals surface area contributed by atoms with Crippen molar-refractivity contribution in [3.05, 3.63) is 29.3 Å². The number of imide groups is 1. The Bertz CT molecular complexity index is 428. The number of rotatable bonds is 1. The van der Waals surface area contributed by atoms with E-state index in [-0.39, 0.29) is 5.56 Å². The molecular weight excluding hydrogens is 184 g/mol. The fourth-order valence-corrected chi connectivity index (χ4v) is 1.40. The highest BCUT2D eigenvalue weighted by atomic mass is 16.7. The number of nitrogen functional groups attached to an aromatic ring is 1. The van der Waals surface area contributed by atoms with Crippen molar-refractivity contribution in [2.75, 3.05) is 12.8 Å². The van der Waals surface area contributed by atoms with E-state index in [0.29, 0.717) is 16.3 Å². The van der Waals surface area contributed by atoms with E-state index in [4.69, 9.17) is 5.73 Å². The molecule has 1 aliphatic rings. The summed E-state index contributed by atoms with van der Waals surface area (Å²) >= 11 is 0. The largest absolute Gasteiger partial charge is 0.399 e. The standard InChI is InChI=1S/C9H8N2O3/c1-14-11-8(12)6-3-2-5(10)4-7(6)9(11)13/h2-4H,10H2,1H3. The first-order chi connectivity index (χ1) is 6.65. The third-order valence-corrected chi connectivity index (χ3v) is 2.06. The third-order valence-electron chi connectivity index (χ3n) is 2.06. The molecule has 1 aliphatic heterocycles. The van der Waals surface area contributed by atoms with E-state index in [9.17, 15) is 9.59 Å². The Hall–Kier alpha value is -1.88. The molecule has 0 aromatic heterocycles. The second-order valence-corrected chi connectivity index (χ2v) is 2.89. The zero-order valence-corrected chi connectivity index (χ0v) is 7.48. The normalized spacial score (nSPS) is 14.8. The molecule has 1 heterocycles. The summed E-state index contributed by atoms with van der Waals surface area (Å²) in [5.41, 5.74) is 6.56. The van der Waals surface area contributed by atoms with Gasteiger partial charge in [0.25, 0.3) is 11.8 Å². The van der Waals surface area contributed by atoms with Crippen molar-refractivity contribution in [2.45, 2.75) is 0 Å². The first-order valence-electron chi connectivity index (χ1n) is 3.97. The Morgan fingerprint density at radius 1 is 1.21 bits per heavy atom. The molecule has 1 aromatic rings. The lowest BCUT2D eigenvalue weighted by Crippen LogP contribution is -2.28. The van der Waals surface area contributed by atoms with E-state index >= 15 is 0 Å². The molecule has 2 rings (SSSR count). The average molecular weight is 192 g/mol. The Kier molecular flexibility index (Phi) is 1.75. The van der Waals surface area contributed by atoms with Crippen LogP contribution in [0.2, 0.25) is 0 Å². The fourth-order valence-electron chi connectivity index (χ4n) is 1.40. The zero-order chi connectivity index (χ0) is 10.3. The highest BCUT2D eigenvalue weighted by Crippen LogP contribution is 2.24. The van der Waals surface area contributed by atoms with Crippen molar-refractivity contribution < 1.29 is 14.4 Å². The molecule has 0 saturated heterocycles. The minimum atomic E-state index is -0.472. The van der Waals surface area contributed by atoms with Gasteiger partial charge < -0.3 is 5.73 Å². The Balaban J connectivity index is 2.58. The summed E-state index contributed by atoms with van der Waals surface area (Å²) in [6.45, 7) is 0. The molecule has 0 spiro atoms. The lowest BCUT2D eigenvalue weighted by Gasteiger charge is -2.07. The monoisotopic (exact) mass is 192 g/mol. The van der Waals surface area contributed by atoms with Gasteiger partial charge in [-0.05, 0) is 18.2 Å². The molecule has 0 aliphatic carbocycles. The maximum Gasteiger partial charge on any atom is 0.285 e. The number of benzene rings is 1. The highest BCUT2D eigenvalue weighted by Gasteiger charge is 2.36. The smallest absolute Gasteiger partial charge is 0.285 e. The fraction of sp³-hybridized carbons (Fsp3) is 0.111. The number of hydrogen-bond donors (Lipinski definition) is 1. The summed E-state index contributed by atoms with van der Waals surface area (Å²) in [4.78, 5) is 27.7. The van der Waals surface area contributed by atoms with E-state index in [0.717, 1.165) is 0 Å². The van der Waals surface area contributed by atoms with E-state index in [2.05, 4.69) is 4.84 Å². The van der Waals surface area contributed by atoms with E-state index in [1.165, 1.54) is 19.2 Å². The highest BCUT2D eigenvalue weighted by molar-refractivity contribution is 6.20. The van der Waals surface area contributed by atoms with Crippen LogP contribution in [0, 0.1) is 0 Å². The molecule has 0 fully saturated rings. The van der Waals surface area contributed by atoms with Crippen LogP contribution in [-0.2, 0) is 4.84 Å². The lowest BCUT2D eigenvalue weighted by atomic mass is 10.1. The predicted octanol–water partition coefficient (Wildman–Crippen LogP) is 0.426. The van der Waals surface area contributed by atoms with E-state index in [1.807, 2.05) is 0 Å². The van der Waals surface area contributed by atoms with E-state index < -0.39 is 11.8 Å². The Morgan fingerprint density at radius 3 is 2.50 bits per heavy atom. The molecule has 0 bridgehead atoms. The second-order valence-electron chi connectivity index (χ2n) is 2.89. The second kappa shape index (κ2) is 2.81. The molecule has 0 unspecified atom stereocenters. The van der Waals surface area contributed by atoms with Gasteiger partial charge in [-0.25, -0.2) is 0 Å². The summed E-state index contributed by atoms with van der Waals surface area (Å²) in [6.07, 6.45) is 0. The van der Waals surface area contributed by atoms with Crippen LogP contribution in [0.3, 0.4) is 0 Å². The van der Waals surface area contributed by atoms with Crippen LogP contribution >= 0.6 is 0 Å². The molecule has 1 aromatic carbocycles. The van der Waals surface area contributed by atoms with Crippen molar-refractivity contribution in [1.82, 2.24) is 5.06 Å². The summed E-state index contributed by atoms with van der Waals surface area (Å²) in [5.74, 6) is -0.924. The number of fused-ring (bicyclic) bond motifs is 1. The maximum absolute atomic E-state index is 11.5. The zero-order valence-electron chi connectivity index (χ0n) is 7.48. The number of hydrogen-bond acceptors (Lipinski definition) is 4. The van der Waals surface area contributed by atoms with Crippen molar-refractivity contribution in [1.29, 1.82) is 0 Å². The molecule has 2 N–H and O–H groups in total. The molecule has 0 radical (unpaired) electrons. The summed E-state index contributed by atoms with van der Waals surface area (Å²) in [6, 6.07) is 4.56. The van der Waals surface area contributed by atoms with Crippen molar-refractivity contribution in [3.8, 4) is 0 Å². The molecule has 72 valence electrons. The number of carbonyl (C=O) groups is 2. The topological polar surface area (TPSA) is 72.6 Å². The maximum atomic E-state index is 11.5. The summed E-state index contributed by atoms with van der Waals surface area (Å²) < 4.78 is 0. The third kappa shape index (κ3) is 0.993. The first kappa shape index (κ1) is 8.71. The number of carbonyl (C=O) groups excluding carboxylic acids is 2. The molecule has 14 heavy (non-hydrogen) atoms. The van der Waals surface area contributed by atoms with Gasteiger partial charge in [-0.1, -0.05) is 0 Å². The van der Waals surface area contributed by atoms with Gasteiger partial charge in [0.1, 0.15) is 0 Å². The predicted molar refractivity (Wildman–Crippen MR) is 48.4 cm³/mol. The molecule has 5 nitrogen and oxygen atoms in total. The number of amides is 2. The van der Waals surface area contributed by atoms with Gasteiger partial charge in [0.2, 0.25) is 0 Å². The van der Waals surface area contributed by atoms with Gasteiger partial charge in [-0.2, -0.15) is 0 Å². The molecule has 5 heteroatoms. The van der Waals surface area contributed by atoms with Gasteiger partial charge >= 0.3 is 0 Å². The minimum Gasteiger partial charge on any atom is -0.399 e. The molecule has 2 amide bonds. The Labute approximate surface area is 80.0 Å². The van der Waals surface area contributed by atoms with Crippen molar-refractivity contribution in [2.24, 2.45) is 0 Å². The van der Waals surface area contributed by atoms with Gasteiger partial charge in [-0.15, -0.1) is 5.06 Å². The number of anilines is 1. The van der Waals surface area contributed by atoms with Gasteiger partial charge in [0.05, 0.1) is 18.2 Å². The lowest BCUT2D eigenvalue weighted by molar-refractivity contribution is -0.0645. The van der Waals surface area contributed by atoms with Crippen molar-refractivity contribution in [3.63, 3.8) is 0 Å². The molecular formula is C9H8N2O3. The molecule has 0 atom stereocenters. The first-order valence-corrected chi connectivity index (χ1v) is 3.97. The van der Waals surface area contributed by atoms with Gasteiger partial charge in [0.15, 0.2) is 0 Å². The van der Waals surface area contributed by atoms with Crippen LogP contribution in [0.25, 0.3) is 0 Å². The average Bonchev–Trinajstić information content (AvgIpc) is 2.39. The number of nitrogens with zero attached hydrogens (tertiary/aromatic N) is 1. The number of hydroxylamine groups is 2. The van der Waals surface area contributed by atoms with Crippen LogP contribution in [0.15, 0.2) is 18.2 Å². The minimum absolute atomic E-state index is 0.289. The van der Waals surface area contributed by atoms with Crippen LogP contribution < -0.4 is 5.73 Å². The van der Waals surface area contributed by atoms with E-state index in [1.54, 1.807) is 6.07 Å². The van der Waals surface area contributed by atoms with Gasteiger partial charge in [-0.3, -0.25) is 14.4 Å². The SMILES string of the molecule is CON1C(=O)c2ccc(N)cc2C1=O. The van der Waals surface area contributed by atoms with Gasteiger partial charge in [0, 0.05) is 5.69 Å². The quantitative estimate of drug-likeness (QED) is 0.517. The van der Waals surface area contributed by atoms with Crippen LogP contribution in [-0.4, -0.2) is 24.0 Å². The van der Waals surface area contributed by atoms with Crippen LogP contribution in [0.4, 0.5) is 5.69 Å². The summed E-state index contributed by atoms with van der Waals surface area (Å²) in [7, 11) is 1.27. The van der Waals surface area contributed by atoms with Crippen LogP contribution in [0.5, 0.6) is 0 Å². The molecule has 0 saturated carbocycles. The summed E-state index contributed by atoms with van der Waals surface area (Å²) in [5, 5.41) is 0.712. The number of nitrogens with two attached hydrogens (primary N) is 1.